The van der Waals surface area contributed by atoms with Crippen LogP contribution in [0.4, 0.5) is 11.4 Å². The lowest BCUT2D eigenvalue weighted by atomic mass is 10.1. The molecule has 0 aromatic heterocycles. The maximum absolute atomic E-state index is 12.4. The number of aryl methyl sites for hydroxylation is 2. The highest BCUT2D eigenvalue weighted by atomic mass is 16.5. The van der Waals surface area contributed by atoms with E-state index in [1.54, 1.807) is 0 Å². The van der Waals surface area contributed by atoms with E-state index in [4.69, 9.17) is 9.84 Å². The van der Waals surface area contributed by atoms with Gasteiger partial charge in [-0.3, -0.25) is 14.5 Å². The average molecular weight is 354 g/mol. The molecule has 26 heavy (non-hydrogen) atoms. The predicted molar refractivity (Wildman–Crippen MR) is 95.8 cm³/mol. The maximum atomic E-state index is 12.4. The van der Waals surface area contributed by atoms with Crippen molar-refractivity contribution in [2.45, 2.75) is 13.8 Å². The van der Waals surface area contributed by atoms with Crippen LogP contribution in [0, 0.1) is 13.8 Å². The molecule has 3 rings (SSSR count). The predicted octanol–water partition coefficient (Wildman–Crippen LogP) is 2.37. The number of nitrogens with one attached hydrogen (secondary N) is 1. The summed E-state index contributed by atoms with van der Waals surface area (Å²) in [5.74, 6) is -1.53. The third-order valence-electron chi connectivity index (χ3n) is 4.12. The Labute approximate surface area is 150 Å². The Hall–Kier alpha value is -3.35. The summed E-state index contributed by atoms with van der Waals surface area (Å²) in [7, 11) is 0. The van der Waals surface area contributed by atoms with Gasteiger partial charge in [-0.05, 0) is 49.2 Å². The molecule has 0 aliphatic carbocycles. The molecule has 2 aromatic rings. The minimum atomic E-state index is -1.09. The first-order valence-electron chi connectivity index (χ1n) is 8.03. The number of carbonyl (C=O) groups excluding carboxylic acids is 2. The largest absolute Gasteiger partial charge is 0.482 e. The van der Waals surface area contributed by atoms with Gasteiger partial charge in [-0.2, -0.15) is 0 Å². The summed E-state index contributed by atoms with van der Waals surface area (Å²) >= 11 is 0. The molecule has 0 bridgehead atoms. The molecule has 134 valence electrons. The Morgan fingerprint density at radius 2 is 1.96 bits per heavy atom. The van der Waals surface area contributed by atoms with Gasteiger partial charge in [-0.15, -0.1) is 0 Å². The van der Waals surface area contributed by atoms with Crippen molar-refractivity contribution in [2.24, 2.45) is 0 Å². The van der Waals surface area contributed by atoms with Crippen LogP contribution in [0.2, 0.25) is 0 Å². The molecular weight excluding hydrogens is 336 g/mol. The van der Waals surface area contributed by atoms with Crippen molar-refractivity contribution in [2.75, 3.05) is 23.4 Å². The van der Waals surface area contributed by atoms with Crippen molar-refractivity contribution < 1.29 is 24.2 Å². The van der Waals surface area contributed by atoms with E-state index in [0.29, 0.717) is 11.4 Å². The Kier molecular flexibility index (Phi) is 4.62. The molecule has 2 N–H and O–H groups in total. The monoisotopic (exact) mass is 354 g/mol. The lowest BCUT2D eigenvalue weighted by molar-refractivity contribution is -0.123. The number of aromatic carboxylic acids is 1. The second-order valence-corrected chi connectivity index (χ2v) is 6.12. The third-order valence-corrected chi connectivity index (χ3v) is 4.12. The van der Waals surface area contributed by atoms with Gasteiger partial charge < -0.3 is 15.2 Å². The molecule has 7 heteroatoms. The van der Waals surface area contributed by atoms with Crippen LogP contribution in [0.5, 0.6) is 5.75 Å². The number of carboxylic acids is 1. The van der Waals surface area contributed by atoms with Gasteiger partial charge in [0.15, 0.2) is 6.61 Å². The van der Waals surface area contributed by atoms with E-state index >= 15 is 0 Å². The molecule has 0 spiro atoms. The van der Waals surface area contributed by atoms with Crippen LogP contribution in [0.1, 0.15) is 21.5 Å². The van der Waals surface area contributed by atoms with Crippen molar-refractivity contribution >= 4 is 29.2 Å². The number of amides is 2. The van der Waals surface area contributed by atoms with Crippen molar-refractivity contribution in [1.82, 2.24) is 0 Å². The first-order chi connectivity index (χ1) is 12.3. The molecule has 0 saturated carbocycles. The molecule has 0 fully saturated rings. The van der Waals surface area contributed by atoms with E-state index in [2.05, 4.69) is 5.32 Å². The Balaban J connectivity index is 1.81. The fourth-order valence-electron chi connectivity index (χ4n) is 2.71. The van der Waals surface area contributed by atoms with E-state index in [1.165, 1.54) is 23.1 Å². The summed E-state index contributed by atoms with van der Waals surface area (Å²) in [6.07, 6.45) is 0. The van der Waals surface area contributed by atoms with E-state index in [1.807, 2.05) is 32.0 Å². The summed E-state index contributed by atoms with van der Waals surface area (Å²) < 4.78 is 5.31. The molecule has 2 amide bonds. The topological polar surface area (TPSA) is 95.9 Å². The Morgan fingerprint density at radius 1 is 1.19 bits per heavy atom. The van der Waals surface area contributed by atoms with Crippen LogP contribution in [-0.4, -0.2) is 36.0 Å². The number of hydrogen-bond acceptors (Lipinski definition) is 4. The second kappa shape index (κ2) is 6.87. The van der Waals surface area contributed by atoms with Crippen molar-refractivity contribution in [3.63, 3.8) is 0 Å². The summed E-state index contributed by atoms with van der Waals surface area (Å²) in [4.78, 5) is 37.0. The first-order valence-corrected chi connectivity index (χ1v) is 8.03. The smallest absolute Gasteiger partial charge is 0.335 e. The zero-order chi connectivity index (χ0) is 18.8. The number of anilines is 2. The molecule has 1 heterocycles. The molecule has 2 aromatic carbocycles. The van der Waals surface area contributed by atoms with Crippen molar-refractivity contribution in [1.29, 1.82) is 0 Å². The number of hydrogen-bond donors (Lipinski definition) is 2. The minimum Gasteiger partial charge on any atom is -0.482 e. The summed E-state index contributed by atoms with van der Waals surface area (Å²) in [6, 6.07) is 9.92. The summed E-state index contributed by atoms with van der Waals surface area (Å²) in [6.45, 7) is 3.39. The van der Waals surface area contributed by atoms with Crippen LogP contribution >= 0.6 is 0 Å². The molecule has 1 aliphatic heterocycles. The molecule has 0 saturated heterocycles. The van der Waals surface area contributed by atoms with E-state index in [9.17, 15) is 14.4 Å². The highest BCUT2D eigenvalue weighted by Gasteiger charge is 2.28. The number of ether oxygens (including phenoxy) is 1. The van der Waals surface area contributed by atoms with Gasteiger partial charge in [0, 0.05) is 5.69 Å². The molecule has 1 aliphatic rings. The number of fused-ring (bicyclic) bond motifs is 1. The van der Waals surface area contributed by atoms with E-state index in [0.717, 1.165) is 11.1 Å². The molecule has 0 unspecified atom stereocenters. The van der Waals surface area contributed by atoms with Gasteiger partial charge in [0.25, 0.3) is 5.91 Å². The third kappa shape index (κ3) is 3.51. The lowest BCUT2D eigenvalue weighted by Gasteiger charge is -2.29. The van der Waals surface area contributed by atoms with Gasteiger partial charge >= 0.3 is 5.97 Å². The number of nitrogens with zero attached hydrogens (tertiary/aromatic N) is 1. The lowest BCUT2D eigenvalue weighted by Crippen LogP contribution is -2.43. The number of carboxylic acid groups (broad SMARTS) is 1. The maximum Gasteiger partial charge on any atom is 0.335 e. The highest BCUT2D eigenvalue weighted by Crippen LogP contribution is 2.33. The van der Waals surface area contributed by atoms with Gasteiger partial charge in [0.05, 0.1) is 11.3 Å². The number of carbonyl (C=O) groups is 3. The van der Waals surface area contributed by atoms with Crippen LogP contribution in [-0.2, 0) is 9.59 Å². The fraction of sp³-hybridized carbons (Fsp3) is 0.211. The highest BCUT2D eigenvalue weighted by molar-refractivity contribution is 6.05. The summed E-state index contributed by atoms with van der Waals surface area (Å²) in [5, 5.41) is 11.9. The Morgan fingerprint density at radius 3 is 2.69 bits per heavy atom. The van der Waals surface area contributed by atoms with Gasteiger partial charge in [0.1, 0.15) is 12.3 Å². The quantitative estimate of drug-likeness (QED) is 0.879. The fourth-order valence-corrected chi connectivity index (χ4v) is 2.71. The molecule has 7 nitrogen and oxygen atoms in total. The standard InChI is InChI=1S/C19H18N2O5/c1-11-3-4-12(2)14(7-11)20-17(22)9-21-15-6-5-13(19(24)25)8-16(15)26-10-18(21)23/h3-8H,9-10H2,1-2H3,(H,20,22)(H,24,25). The first kappa shape index (κ1) is 17.5. The van der Waals surface area contributed by atoms with Crippen LogP contribution in [0.15, 0.2) is 36.4 Å². The van der Waals surface area contributed by atoms with Crippen molar-refractivity contribution in [3.05, 3.63) is 53.1 Å². The normalized spacial score (nSPS) is 13.0. The van der Waals surface area contributed by atoms with E-state index < -0.39 is 5.97 Å². The molecule has 0 atom stereocenters. The van der Waals surface area contributed by atoms with E-state index in [-0.39, 0.29) is 36.3 Å². The van der Waals surface area contributed by atoms with Gasteiger partial charge in [-0.1, -0.05) is 12.1 Å². The number of rotatable bonds is 4. The minimum absolute atomic E-state index is 0.0536. The van der Waals surface area contributed by atoms with Crippen LogP contribution in [0.25, 0.3) is 0 Å². The number of benzene rings is 2. The zero-order valence-electron chi connectivity index (χ0n) is 14.4. The SMILES string of the molecule is Cc1ccc(C)c(NC(=O)CN2C(=O)COc3cc(C(=O)O)ccc32)c1. The molecule has 0 radical (unpaired) electrons. The Bertz CT molecular complexity index is 907. The van der Waals surface area contributed by atoms with Crippen LogP contribution < -0.4 is 15.0 Å². The summed E-state index contributed by atoms with van der Waals surface area (Å²) in [5.41, 5.74) is 3.06. The molecular formula is C19H18N2O5. The van der Waals surface area contributed by atoms with Gasteiger partial charge in [-0.25, -0.2) is 4.79 Å². The van der Waals surface area contributed by atoms with Crippen LogP contribution in [0.3, 0.4) is 0 Å². The van der Waals surface area contributed by atoms with Gasteiger partial charge in [0.2, 0.25) is 5.91 Å². The average Bonchev–Trinajstić information content (AvgIpc) is 2.60. The zero-order valence-corrected chi connectivity index (χ0v) is 14.4. The second-order valence-electron chi connectivity index (χ2n) is 6.12. The van der Waals surface area contributed by atoms with Crippen molar-refractivity contribution in [3.8, 4) is 5.75 Å².